The molecular formula is C20H36BrCoN6O2-. The summed E-state index contributed by atoms with van der Waals surface area (Å²) in [4.78, 5) is 21.5. The number of carbonyl (C=O) groups excluding carboxylic acids is 2. The molecule has 0 aromatic carbocycles. The molecule has 0 saturated carbocycles. The summed E-state index contributed by atoms with van der Waals surface area (Å²) >= 11 is 0. The fourth-order valence-electron chi connectivity index (χ4n) is 2.10. The van der Waals surface area contributed by atoms with Crippen molar-refractivity contribution in [2.75, 3.05) is 13.1 Å². The van der Waals surface area contributed by atoms with Gasteiger partial charge in [0, 0.05) is 66.1 Å². The largest absolute Gasteiger partial charge is 1.00 e. The van der Waals surface area contributed by atoms with Gasteiger partial charge in [0.05, 0.1) is 12.3 Å². The van der Waals surface area contributed by atoms with Gasteiger partial charge < -0.3 is 48.9 Å². The van der Waals surface area contributed by atoms with Crippen LogP contribution in [0.1, 0.15) is 41.5 Å². The molecule has 0 spiro atoms. The van der Waals surface area contributed by atoms with Crippen LogP contribution in [0, 0.1) is 0 Å². The van der Waals surface area contributed by atoms with Gasteiger partial charge in [-0.1, -0.05) is 0 Å². The van der Waals surface area contributed by atoms with Crippen molar-refractivity contribution in [3.63, 3.8) is 0 Å². The zero-order chi connectivity index (χ0) is 21.4. The van der Waals surface area contributed by atoms with Crippen LogP contribution >= 0.6 is 0 Å². The standard InChI is InChI=1S/C12H20N2O2.2C4H8N2.BrH.Co/c1-9(7-11(3)15)13-5-6-14-10(2)8-12(4)16;2*1-4-5-2-3-6-4;;/h7-8,13-14H,5-6H2,1-4H3;2*2-6H,1H3;1H;/p-1/b9-7-,10-8-;;;;. The molecule has 0 amide bonds. The van der Waals surface area contributed by atoms with Crippen molar-refractivity contribution in [2.24, 2.45) is 0 Å². The van der Waals surface area contributed by atoms with E-state index in [1.807, 2.05) is 38.6 Å². The Balaban J connectivity index is -0.000000424. The zero-order valence-corrected chi connectivity index (χ0v) is 21.2. The second-order valence-corrected chi connectivity index (χ2v) is 6.51. The Labute approximate surface area is 201 Å². The van der Waals surface area contributed by atoms with E-state index in [4.69, 9.17) is 0 Å². The fourth-order valence-corrected chi connectivity index (χ4v) is 2.10. The Morgan fingerprint density at radius 3 is 1.17 bits per heavy atom. The summed E-state index contributed by atoms with van der Waals surface area (Å²) in [6.45, 7) is 12.3. The van der Waals surface area contributed by atoms with Crippen molar-refractivity contribution in [1.82, 2.24) is 31.9 Å². The summed E-state index contributed by atoms with van der Waals surface area (Å²) in [5, 5.41) is 18.3. The van der Waals surface area contributed by atoms with Crippen LogP contribution in [0.5, 0.6) is 0 Å². The summed E-state index contributed by atoms with van der Waals surface area (Å²) in [6.07, 6.45) is 11.6. The minimum atomic E-state index is 0. The third-order valence-corrected chi connectivity index (χ3v) is 3.32. The van der Waals surface area contributed by atoms with E-state index in [1.165, 1.54) is 13.8 Å². The molecule has 2 aliphatic heterocycles. The summed E-state index contributed by atoms with van der Waals surface area (Å²) in [5.41, 5.74) is 1.70. The second kappa shape index (κ2) is 20.4. The predicted octanol–water partition coefficient (Wildman–Crippen LogP) is -1.85. The van der Waals surface area contributed by atoms with Gasteiger partial charge in [0.2, 0.25) is 0 Å². The molecular weight excluding hydrogens is 495 g/mol. The van der Waals surface area contributed by atoms with Crippen LogP contribution < -0.4 is 48.9 Å². The van der Waals surface area contributed by atoms with Gasteiger partial charge in [0.25, 0.3) is 0 Å². The number of ketones is 2. The van der Waals surface area contributed by atoms with E-state index in [2.05, 4.69) is 45.7 Å². The number of halogens is 1. The Morgan fingerprint density at radius 1 is 0.733 bits per heavy atom. The van der Waals surface area contributed by atoms with Crippen LogP contribution in [-0.4, -0.2) is 37.0 Å². The average molecular weight is 531 g/mol. The molecule has 2 rings (SSSR count). The molecule has 2 heterocycles. The molecule has 0 unspecified atom stereocenters. The normalized spacial score (nSPS) is 14.6. The molecule has 0 bridgehead atoms. The van der Waals surface area contributed by atoms with E-state index in [0.717, 1.165) is 11.4 Å². The van der Waals surface area contributed by atoms with Crippen LogP contribution in [-0.2, 0) is 26.4 Å². The van der Waals surface area contributed by atoms with E-state index in [1.54, 1.807) is 12.2 Å². The smallest absolute Gasteiger partial charge is 0.154 e. The number of hydrogen-bond acceptors (Lipinski definition) is 8. The molecule has 0 aromatic rings. The first-order valence-electron chi connectivity index (χ1n) is 9.40. The van der Waals surface area contributed by atoms with Gasteiger partial charge in [0.1, 0.15) is 0 Å². The quantitative estimate of drug-likeness (QED) is 0.168. The summed E-state index contributed by atoms with van der Waals surface area (Å²) in [6, 6.07) is 0. The van der Waals surface area contributed by atoms with Crippen molar-refractivity contribution in [3.8, 4) is 0 Å². The molecule has 175 valence electrons. The SMILES string of the molecule is CC(=O)/C=C(/C)NCCN/C(C)=C\C(C)=O.CC1NC=CN1.CC1NC=CN1.[Br-].[Co]. The van der Waals surface area contributed by atoms with Crippen LogP contribution in [0.4, 0.5) is 0 Å². The van der Waals surface area contributed by atoms with E-state index in [-0.39, 0.29) is 45.3 Å². The number of rotatable bonds is 7. The topological polar surface area (TPSA) is 106 Å². The molecule has 0 saturated heterocycles. The molecule has 0 aliphatic carbocycles. The van der Waals surface area contributed by atoms with Gasteiger partial charge >= 0.3 is 0 Å². The minimum absolute atomic E-state index is 0. The first-order chi connectivity index (χ1) is 13.2. The number of nitrogens with one attached hydrogen (secondary N) is 6. The van der Waals surface area contributed by atoms with E-state index < -0.39 is 0 Å². The fraction of sp³-hybridized carbons (Fsp3) is 0.500. The molecule has 30 heavy (non-hydrogen) atoms. The molecule has 10 heteroatoms. The molecule has 0 fully saturated rings. The molecule has 1 radical (unpaired) electrons. The van der Waals surface area contributed by atoms with Crippen molar-refractivity contribution >= 4 is 11.6 Å². The maximum atomic E-state index is 10.7. The van der Waals surface area contributed by atoms with Crippen molar-refractivity contribution in [1.29, 1.82) is 0 Å². The second-order valence-electron chi connectivity index (χ2n) is 6.51. The maximum Gasteiger partial charge on any atom is 0.154 e. The monoisotopic (exact) mass is 530 g/mol. The van der Waals surface area contributed by atoms with Gasteiger partial charge in [-0.15, -0.1) is 0 Å². The number of hydrogen-bond donors (Lipinski definition) is 6. The average Bonchev–Trinajstić information content (AvgIpc) is 3.25. The van der Waals surface area contributed by atoms with Crippen LogP contribution in [0.2, 0.25) is 0 Å². The molecule has 6 N–H and O–H groups in total. The molecule has 0 aromatic heterocycles. The van der Waals surface area contributed by atoms with Gasteiger partial charge in [0.15, 0.2) is 11.6 Å². The van der Waals surface area contributed by atoms with Gasteiger partial charge in [-0.25, -0.2) is 0 Å². The zero-order valence-electron chi connectivity index (χ0n) is 18.6. The third-order valence-electron chi connectivity index (χ3n) is 3.32. The Hall–Kier alpha value is -1.91. The van der Waals surface area contributed by atoms with Crippen LogP contribution in [0.15, 0.2) is 48.3 Å². The summed E-state index contributed by atoms with van der Waals surface area (Å²) < 4.78 is 0. The first kappa shape index (κ1) is 32.7. The van der Waals surface area contributed by atoms with E-state index in [9.17, 15) is 9.59 Å². The Kier molecular flexibility index (Phi) is 22.2. The van der Waals surface area contributed by atoms with Crippen LogP contribution in [0.3, 0.4) is 0 Å². The molecule has 8 nitrogen and oxygen atoms in total. The molecule has 2 aliphatic rings. The van der Waals surface area contributed by atoms with Gasteiger partial charge in [-0.2, -0.15) is 0 Å². The van der Waals surface area contributed by atoms with Gasteiger partial charge in [-0.05, 0) is 53.7 Å². The Morgan fingerprint density at radius 2 is 1.00 bits per heavy atom. The molecule has 0 atom stereocenters. The van der Waals surface area contributed by atoms with E-state index >= 15 is 0 Å². The first-order valence-corrected chi connectivity index (χ1v) is 9.40. The summed E-state index contributed by atoms with van der Waals surface area (Å²) in [7, 11) is 0. The number of allylic oxidation sites excluding steroid dienone is 4. The van der Waals surface area contributed by atoms with Crippen LogP contribution in [0.25, 0.3) is 0 Å². The van der Waals surface area contributed by atoms with E-state index in [0.29, 0.717) is 25.4 Å². The maximum absolute atomic E-state index is 10.7. The summed E-state index contributed by atoms with van der Waals surface area (Å²) in [5.74, 6) is 0.0660. The predicted molar refractivity (Wildman–Crippen MR) is 115 cm³/mol. The van der Waals surface area contributed by atoms with Crippen molar-refractivity contribution in [3.05, 3.63) is 48.3 Å². The number of carbonyl (C=O) groups is 2. The van der Waals surface area contributed by atoms with Crippen molar-refractivity contribution < 1.29 is 43.3 Å². The third kappa shape index (κ3) is 22.4. The van der Waals surface area contributed by atoms with Gasteiger partial charge in [-0.3, -0.25) is 9.59 Å². The van der Waals surface area contributed by atoms with Crippen molar-refractivity contribution in [2.45, 2.75) is 53.9 Å². The Bertz CT molecular complexity index is 540. The minimum Gasteiger partial charge on any atom is -1.00 e.